The number of aliphatic hydroxyl groups is 1. The highest BCUT2D eigenvalue weighted by Gasteiger charge is 2.30. The minimum absolute atomic E-state index is 0.220. The Morgan fingerprint density at radius 2 is 2.08 bits per heavy atom. The van der Waals surface area contributed by atoms with Crippen LogP contribution < -0.4 is 0 Å². The first-order chi connectivity index (χ1) is 12.7. The molecule has 0 radical (unpaired) electrons. The molecular formula is C21H25FN2O2. The number of halogens is 1. The van der Waals surface area contributed by atoms with Crippen molar-refractivity contribution in [3.8, 4) is 12.3 Å². The van der Waals surface area contributed by atoms with E-state index in [1.54, 1.807) is 0 Å². The molecule has 1 aliphatic rings. The Kier molecular flexibility index (Phi) is 6.45. The van der Waals surface area contributed by atoms with Gasteiger partial charge in [-0.1, -0.05) is 18.1 Å². The molecule has 1 aromatic heterocycles. The Balaban J connectivity index is 1.60. The molecule has 0 saturated heterocycles. The smallest absolute Gasteiger partial charge is 0.123 e. The summed E-state index contributed by atoms with van der Waals surface area (Å²) in [4.78, 5) is 2.31. The lowest BCUT2D eigenvalue weighted by molar-refractivity contribution is 0.0238. The molecule has 1 aromatic carbocycles. The SMILES string of the molecule is C#CCOCC(O)CN(Cc1cccn1Cc1ccc(F)cc1)C1CC1. The molecule has 26 heavy (non-hydrogen) atoms. The van der Waals surface area contributed by atoms with Gasteiger partial charge in [-0.05, 0) is 42.7 Å². The number of ether oxygens (including phenoxy) is 1. The van der Waals surface area contributed by atoms with Crippen molar-refractivity contribution in [1.82, 2.24) is 9.47 Å². The van der Waals surface area contributed by atoms with Crippen molar-refractivity contribution in [2.75, 3.05) is 19.8 Å². The second-order valence-electron chi connectivity index (χ2n) is 6.79. The van der Waals surface area contributed by atoms with Gasteiger partial charge >= 0.3 is 0 Å². The summed E-state index contributed by atoms with van der Waals surface area (Å²) < 4.78 is 20.5. The number of terminal acetylenes is 1. The number of hydrogen-bond donors (Lipinski definition) is 1. The van der Waals surface area contributed by atoms with Crippen LogP contribution in [-0.2, 0) is 17.8 Å². The fourth-order valence-electron chi connectivity index (χ4n) is 3.10. The lowest BCUT2D eigenvalue weighted by Gasteiger charge is -2.25. The number of rotatable bonds is 10. The average Bonchev–Trinajstić information content (AvgIpc) is 3.39. The van der Waals surface area contributed by atoms with Crippen LogP contribution in [0.3, 0.4) is 0 Å². The molecule has 138 valence electrons. The number of nitrogens with zero attached hydrogens (tertiary/aromatic N) is 2. The summed E-state index contributed by atoms with van der Waals surface area (Å²) in [7, 11) is 0. The van der Waals surface area contributed by atoms with E-state index >= 15 is 0 Å². The summed E-state index contributed by atoms with van der Waals surface area (Å²) in [5.74, 6) is 2.19. The fraction of sp³-hybridized carbons (Fsp3) is 0.429. The van der Waals surface area contributed by atoms with Crippen LogP contribution in [-0.4, -0.2) is 46.5 Å². The molecule has 1 N–H and O–H groups in total. The summed E-state index contributed by atoms with van der Waals surface area (Å²) in [5.41, 5.74) is 2.24. The van der Waals surface area contributed by atoms with Crippen molar-refractivity contribution in [1.29, 1.82) is 0 Å². The summed E-state index contributed by atoms with van der Waals surface area (Å²) in [5, 5.41) is 10.2. The van der Waals surface area contributed by atoms with E-state index in [-0.39, 0.29) is 19.0 Å². The molecule has 2 aromatic rings. The first kappa shape index (κ1) is 18.7. The van der Waals surface area contributed by atoms with Gasteiger partial charge in [0.1, 0.15) is 12.4 Å². The zero-order valence-corrected chi connectivity index (χ0v) is 14.9. The predicted molar refractivity (Wildman–Crippen MR) is 99.0 cm³/mol. The van der Waals surface area contributed by atoms with Crippen LogP contribution in [0.25, 0.3) is 0 Å². The second-order valence-corrected chi connectivity index (χ2v) is 6.79. The molecule has 0 aliphatic heterocycles. The molecule has 0 amide bonds. The van der Waals surface area contributed by atoms with Crippen molar-refractivity contribution in [3.05, 3.63) is 59.7 Å². The lowest BCUT2D eigenvalue weighted by atomic mass is 10.2. The number of aliphatic hydroxyl groups excluding tert-OH is 1. The Labute approximate surface area is 154 Å². The Morgan fingerprint density at radius 3 is 2.77 bits per heavy atom. The molecule has 1 aliphatic carbocycles. The highest BCUT2D eigenvalue weighted by molar-refractivity contribution is 5.18. The van der Waals surface area contributed by atoms with Gasteiger partial charge < -0.3 is 14.4 Å². The molecule has 1 heterocycles. The molecule has 3 rings (SSSR count). The molecule has 5 heteroatoms. The highest BCUT2D eigenvalue weighted by atomic mass is 19.1. The summed E-state index contributed by atoms with van der Waals surface area (Å²) in [6, 6.07) is 11.2. The van der Waals surface area contributed by atoms with Crippen LogP contribution in [0.5, 0.6) is 0 Å². The van der Waals surface area contributed by atoms with Gasteiger partial charge in [-0.2, -0.15) is 0 Å². The van der Waals surface area contributed by atoms with Crippen LogP contribution in [0.2, 0.25) is 0 Å². The van der Waals surface area contributed by atoms with Crippen molar-refractivity contribution < 1.29 is 14.2 Å². The average molecular weight is 356 g/mol. The van der Waals surface area contributed by atoms with Crippen LogP contribution in [0.4, 0.5) is 4.39 Å². The zero-order chi connectivity index (χ0) is 18.4. The van der Waals surface area contributed by atoms with Gasteiger partial charge in [0, 0.05) is 37.6 Å². The minimum atomic E-state index is -0.551. The van der Waals surface area contributed by atoms with Gasteiger partial charge in [0.2, 0.25) is 0 Å². The van der Waals surface area contributed by atoms with E-state index in [9.17, 15) is 9.50 Å². The molecule has 0 spiro atoms. The van der Waals surface area contributed by atoms with Gasteiger partial charge in [-0.25, -0.2) is 4.39 Å². The minimum Gasteiger partial charge on any atom is -0.389 e. The second kappa shape index (κ2) is 9.00. The first-order valence-corrected chi connectivity index (χ1v) is 8.97. The van der Waals surface area contributed by atoms with E-state index in [4.69, 9.17) is 11.2 Å². The molecule has 1 fully saturated rings. The zero-order valence-electron chi connectivity index (χ0n) is 14.9. The third kappa shape index (κ3) is 5.43. The third-order valence-corrected chi connectivity index (χ3v) is 4.56. The van der Waals surface area contributed by atoms with Gasteiger partial charge in [-0.3, -0.25) is 4.90 Å². The molecule has 1 saturated carbocycles. The van der Waals surface area contributed by atoms with E-state index in [1.165, 1.54) is 17.8 Å². The summed E-state index contributed by atoms with van der Waals surface area (Å²) in [6.07, 6.45) is 8.98. The maximum Gasteiger partial charge on any atom is 0.123 e. The first-order valence-electron chi connectivity index (χ1n) is 8.97. The van der Waals surface area contributed by atoms with E-state index < -0.39 is 6.10 Å². The van der Waals surface area contributed by atoms with Crippen molar-refractivity contribution in [3.63, 3.8) is 0 Å². The van der Waals surface area contributed by atoms with Crippen LogP contribution >= 0.6 is 0 Å². The van der Waals surface area contributed by atoms with Crippen LogP contribution in [0, 0.1) is 18.2 Å². The Bertz CT molecular complexity index is 731. The molecule has 1 atom stereocenters. The fourth-order valence-corrected chi connectivity index (χ4v) is 3.10. The van der Waals surface area contributed by atoms with E-state index in [0.717, 1.165) is 24.9 Å². The number of benzene rings is 1. The quantitative estimate of drug-likeness (QED) is 0.525. The molecule has 1 unspecified atom stereocenters. The van der Waals surface area contributed by atoms with E-state index in [2.05, 4.69) is 21.5 Å². The maximum atomic E-state index is 13.1. The van der Waals surface area contributed by atoms with Crippen LogP contribution in [0.15, 0.2) is 42.6 Å². The predicted octanol–water partition coefficient (Wildman–Crippen LogP) is 2.65. The molecular weight excluding hydrogens is 331 g/mol. The van der Waals surface area contributed by atoms with Gasteiger partial charge in [0.05, 0.1) is 12.7 Å². The third-order valence-electron chi connectivity index (χ3n) is 4.56. The Hall–Kier alpha value is -2.13. The standard InChI is InChI=1S/C21H25FN2O2/c1-2-12-26-16-21(25)15-24(19-9-10-19)14-20-4-3-11-23(20)13-17-5-7-18(22)8-6-17/h1,3-8,11,19,21,25H,9-10,12-16H2. The highest BCUT2D eigenvalue weighted by Crippen LogP contribution is 2.28. The van der Waals surface area contributed by atoms with Crippen molar-refractivity contribution >= 4 is 0 Å². The maximum absolute atomic E-state index is 13.1. The van der Waals surface area contributed by atoms with E-state index in [0.29, 0.717) is 19.1 Å². The monoisotopic (exact) mass is 356 g/mol. The van der Waals surface area contributed by atoms with Crippen molar-refractivity contribution in [2.24, 2.45) is 0 Å². The van der Waals surface area contributed by atoms with Gasteiger partial charge in [-0.15, -0.1) is 6.42 Å². The Morgan fingerprint density at radius 1 is 1.31 bits per heavy atom. The van der Waals surface area contributed by atoms with Crippen LogP contribution in [0.1, 0.15) is 24.1 Å². The molecule has 4 nitrogen and oxygen atoms in total. The normalized spacial score (nSPS) is 15.2. The van der Waals surface area contributed by atoms with Crippen molar-refractivity contribution in [2.45, 2.75) is 38.1 Å². The largest absolute Gasteiger partial charge is 0.389 e. The van der Waals surface area contributed by atoms with Gasteiger partial charge in [0.25, 0.3) is 0 Å². The lowest BCUT2D eigenvalue weighted by Crippen LogP contribution is -2.36. The van der Waals surface area contributed by atoms with Gasteiger partial charge in [0.15, 0.2) is 0 Å². The molecule has 0 bridgehead atoms. The summed E-state index contributed by atoms with van der Waals surface area (Å²) >= 11 is 0. The number of hydrogen-bond acceptors (Lipinski definition) is 3. The topological polar surface area (TPSA) is 37.6 Å². The number of aromatic nitrogens is 1. The van der Waals surface area contributed by atoms with E-state index in [1.807, 2.05) is 24.4 Å². The summed E-state index contributed by atoms with van der Waals surface area (Å²) in [6.45, 7) is 2.52.